The molecule has 0 aliphatic heterocycles. The lowest BCUT2D eigenvalue weighted by molar-refractivity contribution is -0.116. The van der Waals surface area contributed by atoms with Gasteiger partial charge in [0.15, 0.2) is 0 Å². The Labute approximate surface area is 161 Å². The molecule has 0 saturated heterocycles. The summed E-state index contributed by atoms with van der Waals surface area (Å²) in [6, 6.07) is 10.4. The predicted molar refractivity (Wildman–Crippen MR) is 107 cm³/mol. The van der Waals surface area contributed by atoms with Gasteiger partial charge in [0.1, 0.15) is 5.75 Å². The molecule has 0 bridgehead atoms. The summed E-state index contributed by atoms with van der Waals surface area (Å²) in [4.78, 5) is 12.4. The number of nitrogens with one attached hydrogen (secondary N) is 1. The van der Waals surface area contributed by atoms with Crippen LogP contribution >= 0.6 is 0 Å². The zero-order chi connectivity index (χ0) is 20.2. The second kappa shape index (κ2) is 8.54. The minimum absolute atomic E-state index is 0.130. The Morgan fingerprint density at radius 2 is 1.70 bits per heavy atom. The Bertz CT molecular complexity index is 919. The minimum Gasteiger partial charge on any atom is -0.494 e. The van der Waals surface area contributed by atoms with Crippen LogP contribution in [0.1, 0.15) is 23.6 Å². The molecule has 0 aromatic heterocycles. The number of carbonyl (C=O) groups excluding carboxylic acids is 1. The second-order valence-electron chi connectivity index (χ2n) is 6.55. The van der Waals surface area contributed by atoms with Gasteiger partial charge in [-0.3, -0.25) is 4.79 Å². The number of hydrogen-bond acceptors (Lipinski definition) is 4. The SMILES string of the molecule is CCOc1ccc(S(=O)(=O)N(C)CC(=O)Nc2cc(C)cc(C)c2)cc1C. The molecule has 0 aliphatic rings. The highest BCUT2D eigenvalue weighted by atomic mass is 32.2. The molecule has 0 aliphatic carbocycles. The van der Waals surface area contributed by atoms with E-state index in [0.717, 1.165) is 21.0 Å². The van der Waals surface area contributed by atoms with Crippen LogP contribution in [0.5, 0.6) is 5.75 Å². The number of carbonyl (C=O) groups is 1. The van der Waals surface area contributed by atoms with Crippen molar-refractivity contribution in [1.82, 2.24) is 4.31 Å². The average molecular weight is 391 g/mol. The van der Waals surface area contributed by atoms with Crippen molar-refractivity contribution < 1.29 is 17.9 Å². The number of hydrogen-bond donors (Lipinski definition) is 1. The minimum atomic E-state index is -3.78. The summed E-state index contributed by atoms with van der Waals surface area (Å²) in [6.45, 7) is 7.76. The molecule has 1 amide bonds. The summed E-state index contributed by atoms with van der Waals surface area (Å²) in [5, 5.41) is 2.75. The van der Waals surface area contributed by atoms with Crippen molar-refractivity contribution in [3.63, 3.8) is 0 Å². The van der Waals surface area contributed by atoms with Gasteiger partial charge in [-0.1, -0.05) is 6.07 Å². The van der Waals surface area contributed by atoms with E-state index < -0.39 is 15.9 Å². The summed E-state index contributed by atoms with van der Waals surface area (Å²) in [5.74, 6) is 0.250. The molecule has 1 N–H and O–H groups in total. The van der Waals surface area contributed by atoms with Gasteiger partial charge >= 0.3 is 0 Å². The van der Waals surface area contributed by atoms with Gasteiger partial charge in [-0.2, -0.15) is 4.31 Å². The smallest absolute Gasteiger partial charge is 0.243 e. The maximum Gasteiger partial charge on any atom is 0.243 e. The maximum absolute atomic E-state index is 12.8. The maximum atomic E-state index is 12.8. The van der Waals surface area contributed by atoms with E-state index in [0.29, 0.717) is 18.0 Å². The van der Waals surface area contributed by atoms with E-state index in [4.69, 9.17) is 4.74 Å². The van der Waals surface area contributed by atoms with Gasteiger partial charge in [-0.25, -0.2) is 8.42 Å². The van der Waals surface area contributed by atoms with Crippen molar-refractivity contribution in [2.75, 3.05) is 25.5 Å². The van der Waals surface area contributed by atoms with E-state index >= 15 is 0 Å². The molecule has 2 aromatic rings. The van der Waals surface area contributed by atoms with Gasteiger partial charge in [0.25, 0.3) is 0 Å². The van der Waals surface area contributed by atoms with Crippen molar-refractivity contribution in [3.8, 4) is 5.75 Å². The number of benzene rings is 2. The van der Waals surface area contributed by atoms with Crippen LogP contribution in [0.3, 0.4) is 0 Å². The molecule has 0 fully saturated rings. The van der Waals surface area contributed by atoms with Crippen LogP contribution in [-0.4, -0.2) is 38.8 Å². The number of amides is 1. The first-order chi connectivity index (χ1) is 12.6. The van der Waals surface area contributed by atoms with Gasteiger partial charge in [0.05, 0.1) is 18.0 Å². The van der Waals surface area contributed by atoms with Gasteiger partial charge < -0.3 is 10.1 Å². The molecule has 6 nitrogen and oxygen atoms in total. The summed E-state index contributed by atoms with van der Waals surface area (Å²) < 4.78 is 32.0. The highest BCUT2D eigenvalue weighted by Crippen LogP contribution is 2.23. The van der Waals surface area contributed by atoms with Crippen LogP contribution in [0.2, 0.25) is 0 Å². The second-order valence-corrected chi connectivity index (χ2v) is 8.59. The number of likely N-dealkylation sites (N-methyl/N-ethyl adjacent to an activating group) is 1. The van der Waals surface area contributed by atoms with Crippen molar-refractivity contribution in [2.24, 2.45) is 0 Å². The molecule has 2 rings (SSSR count). The van der Waals surface area contributed by atoms with Gasteiger partial charge in [0, 0.05) is 12.7 Å². The summed E-state index contributed by atoms with van der Waals surface area (Å²) in [6.07, 6.45) is 0. The van der Waals surface area contributed by atoms with E-state index in [1.165, 1.54) is 13.1 Å². The van der Waals surface area contributed by atoms with E-state index in [-0.39, 0.29) is 11.4 Å². The zero-order valence-electron chi connectivity index (χ0n) is 16.4. The molecule has 7 heteroatoms. The predicted octanol–water partition coefficient (Wildman–Crippen LogP) is 3.27. The van der Waals surface area contributed by atoms with Crippen molar-refractivity contribution >= 4 is 21.6 Å². The van der Waals surface area contributed by atoms with E-state index in [1.54, 1.807) is 19.1 Å². The molecule has 27 heavy (non-hydrogen) atoms. The fourth-order valence-corrected chi connectivity index (χ4v) is 4.03. The zero-order valence-corrected chi connectivity index (χ0v) is 17.2. The molecular formula is C20H26N2O4S. The number of anilines is 1. The molecule has 0 radical (unpaired) electrons. The molecule has 0 spiro atoms. The van der Waals surface area contributed by atoms with Crippen molar-refractivity contribution in [2.45, 2.75) is 32.6 Å². The first-order valence-corrected chi connectivity index (χ1v) is 10.2. The van der Waals surface area contributed by atoms with Crippen LogP contribution in [0.4, 0.5) is 5.69 Å². The summed E-state index contributed by atoms with van der Waals surface area (Å²) in [5.41, 5.74) is 3.43. The van der Waals surface area contributed by atoms with Crippen LogP contribution in [0.25, 0.3) is 0 Å². The monoisotopic (exact) mass is 390 g/mol. The third kappa shape index (κ3) is 5.30. The third-order valence-corrected chi connectivity index (χ3v) is 5.83. The van der Waals surface area contributed by atoms with Crippen molar-refractivity contribution in [1.29, 1.82) is 0 Å². The normalized spacial score (nSPS) is 11.5. The Hall–Kier alpha value is -2.38. The fourth-order valence-electron chi connectivity index (χ4n) is 2.81. The van der Waals surface area contributed by atoms with E-state index in [2.05, 4.69) is 5.32 Å². The number of ether oxygens (including phenoxy) is 1. The standard InChI is InChI=1S/C20H26N2O4S/c1-6-26-19-8-7-18(12-16(19)4)27(24,25)22(5)13-20(23)21-17-10-14(2)9-15(3)11-17/h7-12H,6,13H2,1-5H3,(H,21,23). The molecule has 146 valence electrons. The van der Waals surface area contributed by atoms with Crippen LogP contribution in [0, 0.1) is 20.8 Å². The molecule has 0 saturated carbocycles. The highest BCUT2D eigenvalue weighted by Gasteiger charge is 2.23. The average Bonchev–Trinajstić information content (AvgIpc) is 2.55. The molecule has 0 unspecified atom stereocenters. The Morgan fingerprint density at radius 3 is 2.26 bits per heavy atom. The summed E-state index contributed by atoms with van der Waals surface area (Å²) in [7, 11) is -2.39. The molecule has 2 aromatic carbocycles. The highest BCUT2D eigenvalue weighted by molar-refractivity contribution is 7.89. The topological polar surface area (TPSA) is 75.7 Å². The van der Waals surface area contributed by atoms with Crippen molar-refractivity contribution in [3.05, 3.63) is 53.1 Å². The van der Waals surface area contributed by atoms with E-state index in [1.807, 2.05) is 39.0 Å². The number of rotatable bonds is 7. The number of nitrogens with zero attached hydrogens (tertiary/aromatic N) is 1. The molecule has 0 heterocycles. The number of aryl methyl sites for hydroxylation is 3. The third-order valence-electron chi connectivity index (χ3n) is 4.03. The Kier molecular flexibility index (Phi) is 6.62. The first-order valence-electron chi connectivity index (χ1n) is 8.71. The quantitative estimate of drug-likeness (QED) is 0.787. The van der Waals surface area contributed by atoms with E-state index in [9.17, 15) is 13.2 Å². The summed E-state index contributed by atoms with van der Waals surface area (Å²) >= 11 is 0. The fraction of sp³-hybridized carbons (Fsp3) is 0.350. The largest absolute Gasteiger partial charge is 0.494 e. The van der Waals surface area contributed by atoms with Crippen LogP contribution in [-0.2, 0) is 14.8 Å². The lowest BCUT2D eigenvalue weighted by Crippen LogP contribution is -2.35. The van der Waals surface area contributed by atoms with Crippen LogP contribution < -0.4 is 10.1 Å². The number of sulfonamides is 1. The van der Waals surface area contributed by atoms with Gasteiger partial charge in [0.2, 0.25) is 15.9 Å². The van der Waals surface area contributed by atoms with Gasteiger partial charge in [-0.15, -0.1) is 0 Å². The van der Waals surface area contributed by atoms with Gasteiger partial charge in [-0.05, 0) is 74.7 Å². The van der Waals surface area contributed by atoms with Crippen LogP contribution in [0.15, 0.2) is 41.3 Å². The lowest BCUT2D eigenvalue weighted by atomic mass is 10.1. The Morgan fingerprint density at radius 1 is 1.07 bits per heavy atom. The molecule has 0 atom stereocenters. The molecular weight excluding hydrogens is 364 g/mol. The first kappa shape index (κ1) is 20.9. The Balaban J connectivity index is 2.12. The lowest BCUT2D eigenvalue weighted by Gasteiger charge is -2.18.